The third-order valence-corrected chi connectivity index (χ3v) is 3.80. The first kappa shape index (κ1) is 14.7. The molecule has 2 rings (SSSR count). The number of benzene rings is 1. The van der Waals surface area contributed by atoms with Gasteiger partial charge in [-0.3, -0.25) is 0 Å². The van der Waals surface area contributed by atoms with Gasteiger partial charge in [-0.1, -0.05) is 6.07 Å². The Morgan fingerprint density at radius 2 is 1.90 bits per heavy atom. The molecule has 108 valence electrons. The van der Waals surface area contributed by atoms with Gasteiger partial charge in [0.25, 0.3) is 0 Å². The number of aliphatic hydroxyl groups excluding tert-OH is 1. The lowest BCUT2D eigenvalue weighted by Crippen LogP contribution is -2.05. The van der Waals surface area contributed by atoms with Crippen LogP contribution in [0.4, 0.5) is 8.78 Å². The number of ether oxygens (including phenoxy) is 2. The summed E-state index contributed by atoms with van der Waals surface area (Å²) >= 11 is 1.45. The smallest absolute Gasteiger partial charge is 0.387 e. The highest BCUT2D eigenvalue weighted by atomic mass is 32.1. The fourth-order valence-electron chi connectivity index (χ4n) is 1.82. The topological polar surface area (TPSA) is 38.7 Å². The summed E-state index contributed by atoms with van der Waals surface area (Å²) in [6.07, 6.45) is -0.875. The number of thiophene rings is 1. The minimum absolute atomic E-state index is 0.0904. The van der Waals surface area contributed by atoms with Gasteiger partial charge >= 0.3 is 6.61 Å². The van der Waals surface area contributed by atoms with Gasteiger partial charge in [0, 0.05) is 9.75 Å². The maximum absolute atomic E-state index is 12.4. The molecule has 0 radical (unpaired) electrons. The van der Waals surface area contributed by atoms with E-state index in [4.69, 9.17) is 4.74 Å². The molecule has 1 aromatic heterocycles. The molecule has 0 amide bonds. The van der Waals surface area contributed by atoms with Crippen LogP contribution in [0.1, 0.15) is 21.4 Å². The molecule has 0 bridgehead atoms. The van der Waals surface area contributed by atoms with Gasteiger partial charge in [-0.2, -0.15) is 8.78 Å². The quantitative estimate of drug-likeness (QED) is 0.914. The SMILES string of the molecule is COc1ccc(C(O)c2ccc(C)s2)cc1OC(F)F. The molecule has 0 aliphatic carbocycles. The van der Waals surface area contributed by atoms with Crippen LogP contribution >= 0.6 is 11.3 Å². The second-order valence-electron chi connectivity index (χ2n) is 4.14. The zero-order chi connectivity index (χ0) is 14.7. The highest BCUT2D eigenvalue weighted by Gasteiger charge is 2.17. The van der Waals surface area contributed by atoms with Crippen molar-refractivity contribution in [2.24, 2.45) is 0 Å². The van der Waals surface area contributed by atoms with E-state index in [1.54, 1.807) is 6.07 Å². The van der Waals surface area contributed by atoms with E-state index < -0.39 is 12.7 Å². The van der Waals surface area contributed by atoms with Gasteiger partial charge in [-0.15, -0.1) is 11.3 Å². The van der Waals surface area contributed by atoms with E-state index in [1.807, 2.05) is 19.1 Å². The molecule has 20 heavy (non-hydrogen) atoms. The second-order valence-corrected chi connectivity index (χ2v) is 5.46. The van der Waals surface area contributed by atoms with Crippen molar-refractivity contribution in [3.05, 3.63) is 45.6 Å². The molecule has 2 aromatic rings. The maximum Gasteiger partial charge on any atom is 0.387 e. The minimum atomic E-state index is -2.94. The van der Waals surface area contributed by atoms with Crippen LogP contribution in [0.5, 0.6) is 11.5 Å². The lowest BCUT2D eigenvalue weighted by atomic mass is 10.1. The summed E-state index contributed by atoms with van der Waals surface area (Å²) in [5, 5.41) is 10.3. The Hall–Kier alpha value is -1.66. The molecule has 1 aromatic carbocycles. The van der Waals surface area contributed by atoms with Gasteiger partial charge in [0.2, 0.25) is 0 Å². The predicted octanol–water partition coefficient (Wildman–Crippen LogP) is 3.75. The molecule has 0 saturated heterocycles. The van der Waals surface area contributed by atoms with Crippen LogP contribution in [0.3, 0.4) is 0 Å². The van der Waals surface area contributed by atoms with Crippen LogP contribution in [-0.2, 0) is 0 Å². The standard InChI is InChI=1S/C14H14F2O3S/c1-8-3-6-12(20-8)13(17)9-4-5-10(18-2)11(7-9)19-14(15)16/h3-7,13-14,17H,1-2H3. The second kappa shape index (κ2) is 6.19. The summed E-state index contributed by atoms with van der Waals surface area (Å²) in [5.74, 6) is 0.107. The summed E-state index contributed by atoms with van der Waals surface area (Å²) in [7, 11) is 1.37. The van der Waals surface area contributed by atoms with Crippen molar-refractivity contribution >= 4 is 11.3 Å². The number of hydrogen-bond acceptors (Lipinski definition) is 4. The maximum atomic E-state index is 12.4. The Morgan fingerprint density at radius 1 is 1.15 bits per heavy atom. The van der Waals surface area contributed by atoms with Gasteiger partial charge in [-0.25, -0.2) is 0 Å². The van der Waals surface area contributed by atoms with Crippen LogP contribution in [0.2, 0.25) is 0 Å². The zero-order valence-electron chi connectivity index (χ0n) is 11.0. The Kier molecular flexibility index (Phi) is 4.57. The molecule has 0 fully saturated rings. The number of aliphatic hydroxyl groups is 1. The average molecular weight is 300 g/mol. The van der Waals surface area contributed by atoms with Crippen LogP contribution < -0.4 is 9.47 Å². The van der Waals surface area contributed by atoms with E-state index in [-0.39, 0.29) is 11.5 Å². The third-order valence-electron chi connectivity index (χ3n) is 2.75. The highest BCUT2D eigenvalue weighted by Crippen LogP contribution is 2.35. The first-order chi connectivity index (χ1) is 9.51. The normalized spacial score (nSPS) is 12.5. The van der Waals surface area contributed by atoms with Gasteiger partial charge in [0.05, 0.1) is 7.11 Å². The van der Waals surface area contributed by atoms with Gasteiger partial charge in [-0.05, 0) is 36.8 Å². The van der Waals surface area contributed by atoms with Gasteiger partial charge in [0.1, 0.15) is 6.10 Å². The van der Waals surface area contributed by atoms with Crippen molar-refractivity contribution in [2.75, 3.05) is 7.11 Å². The van der Waals surface area contributed by atoms with E-state index in [2.05, 4.69) is 4.74 Å². The van der Waals surface area contributed by atoms with E-state index in [0.717, 1.165) is 9.75 Å². The van der Waals surface area contributed by atoms with E-state index in [0.29, 0.717) is 5.56 Å². The largest absolute Gasteiger partial charge is 0.493 e. The van der Waals surface area contributed by atoms with E-state index in [9.17, 15) is 13.9 Å². The molecular weight excluding hydrogens is 286 g/mol. The summed E-state index contributed by atoms with van der Waals surface area (Å²) in [6.45, 7) is -1.01. The minimum Gasteiger partial charge on any atom is -0.493 e. The number of hydrogen-bond donors (Lipinski definition) is 1. The third kappa shape index (κ3) is 3.26. The Bertz CT molecular complexity index is 584. The lowest BCUT2D eigenvalue weighted by Gasteiger charge is -2.14. The molecule has 3 nitrogen and oxygen atoms in total. The molecule has 0 aliphatic rings. The number of halogens is 2. The summed E-state index contributed by atoms with van der Waals surface area (Å²) in [5.41, 5.74) is 0.475. The molecule has 1 heterocycles. The molecule has 1 atom stereocenters. The fourth-order valence-corrected chi connectivity index (χ4v) is 2.71. The van der Waals surface area contributed by atoms with Crippen molar-refractivity contribution in [1.82, 2.24) is 0 Å². The summed E-state index contributed by atoms with van der Waals surface area (Å²) < 4.78 is 34.1. The monoisotopic (exact) mass is 300 g/mol. The lowest BCUT2D eigenvalue weighted by molar-refractivity contribution is -0.0513. The Labute approximate surface area is 119 Å². The Balaban J connectivity index is 2.32. The molecule has 6 heteroatoms. The first-order valence-electron chi connectivity index (χ1n) is 5.88. The molecule has 0 spiro atoms. The van der Waals surface area contributed by atoms with Gasteiger partial charge < -0.3 is 14.6 Å². The summed E-state index contributed by atoms with van der Waals surface area (Å²) in [6, 6.07) is 8.18. The van der Waals surface area contributed by atoms with Crippen LogP contribution in [0.15, 0.2) is 30.3 Å². The molecule has 1 N–H and O–H groups in total. The molecular formula is C14H14F2O3S. The molecule has 1 unspecified atom stereocenters. The van der Waals surface area contributed by atoms with Crippen LogP contribution in [0.25, 0.3) is 0 Å². The van der Waals surface area contributed by atoms with Crippen LogP contribution in [-0.4, -0.2) is 18.8 Å². The zero-order valence-corrected chi connectivity index (χ0v) is 11.8. The van der Waals surface area contributed by atoms with Gasteiger partial charge in [0.15, 0.2) is 11.5 Å². The van der Waals surface area contributed by atoms with Crippen molar-refractivity contribution < 1.29 is 23.4 Å². The molecule has 0 saturated carbocycles. The van der Waals surface area contributed by atoms with E-state index in [1.165, 1.54) is 30.6 Å². The van der Waals surface area contributed by atoms with Crippen molar-refractivity contribution in [3.63, 3.8) is 0 Å². The van der Waals surface area contributed by atoms with E-state index >= 15 is 0 Å². The first-order valence-corrected chi connectivity index (χ1v) is 6.70. The van der Waals surface area contributed by atoms with Crippen LogP contribution in [0, 0.1) is 6.92 Å². The van der Waals surface area contributed by atoms with Crippen molar-refractivity contribution in [1.29, 1.82) is 0 Å². The number of alkyl halides is 2. The fraction of sp³-hybridized carbons (Fsp3) is 0.286. The van der Waals surface area contributed by atoms with Crippen molar-refractivity contribution in [3.8, 4) is 11.5 Å². The Morgan fingerprint density at radius 3 is 2.45 bits per heavy atom. The average Bonchev–Trinajstić information content (AvgIpc) is 2.84. The number of rotatable bonds is 5. The summed E-state index contributed by atoms with van der Waals surface area (Å²) in [4.78, 5) is 1.81. The number of methoxy groups -OCH3 is 1. The predicted molar refractivity (Wildman–Crippen MR) is 72.7 cm³/mol. The number of aryl methyl sites for hydroxylation is 1. The highest BCUT2D eigenvalue weighted by molar-refractivity contribution is 7.12. The molecule has 0 aliphatic heterocycles. The van der Waals surface area contributed by atoms with Crippen molar-refractivity contribution in [2.45, 2.75) is 19.6 Å².